The van der Waals surface area contributed by atoms with Gasteiger partial charge in [-0.25, -0.2) is 13.2 Å². The molecule has 8 heteroatoms. The molecule has 1 aromatic carbocycles. The molecular formula is C14H19BrN2O4S. The quantitative estimate of drug-likeness (QED) is 0.772. The van der Waals surface area contributed by atoms with Crippen LogP contribution in [0.5, 0.6) is 0 Å². The van der Waals surface area contributed by atoms with Gasteiger partial charge in [-0.2, -0.15) is 4.31 Å². The van der Waals surface area contributed by atoms with E-state index in [-0.39, 0.29) is 10.9 Å². The van der Waals surface area contributed by atoms with Crippen LogP contribution in [0.2, 0.25) is 0 Å². The SMILES string of the molecule is CNCC1CCCN1S(=O)(=O)c1ccc(C(=O)OC)cc1Br. The number of nitrogens with one attached hydrogen (secondary N) is 1. The molecule has 6 nitrogen and oxygen atoms in total. The number of carbonyl (C=O) groups excluding carboxylic acids is 1. The molecule has 1 N–H and O–H groups in total. The molecule has 0 bridgehead atoms. The highest BCUT2D eigenvalue weighted by molar-refractivity contribution is 9.10. The maximum atomic E-state index is 12.8. The van der Waals surface area contributed by atoms with Crippen molar-refractivity contribution < 1.29 is 17.9 Å². The maximum Gasteiger partial charge on any atom is 0.337 e. The molecule has 1 unspecified atom stereocenters. The number of sulfonamides is 1. The van der Waals surface area contributed by atoms with Gasteiger partial charge in [-0.3, -0.25) is 0 Å². The Labute approximate surface area is 139 Å². The van der Waals surface area contributed by atoms with Gasteiger partial charge in [0.2, 0.25) is 10.0 Å². The second-order valence-corrected chi connectivity index (χ2v) is 7.82. The van der Waals surface area contributed by atoms with Crippen molar-refractivity contribution in [1.29, 1.82) is 0 Å². The van der Waals surface area contributed by atoms with Crippen molar-refractivity contribution in [3.05, 3.63) is 28.2 Å². The number of halogens is 1. The Balaban J connectivity index is 2.35. The molecule has 0 amide bonds. The summed E-state index contributed by atoms with van der Waals surface area (Å²) in [5, 5.41) is 3.03. The summed E-state index contributed by atoms with van der Waals surface area (Å²) in [6.45, 7) is 1.14. The molecule has 1 aliphatic heterocycles. The van der Waals surface area contributed by atoms with Crippen molar-refractivity contribution in [3.8, 4) is 0 Å². The van der Waals surface area contributed by atoms with E-state index >= 15 is 0 Å². The number of carbonyl (C=O) groups is 1. The van der Waals surface area contributed by atoms with Crippen LogP contribution in [0.25, 0.3) is 0 Å². The van der Waals surface area contributed by atoms with Gasteiger partial charge in [0.05, 0.1) is 17.6 Å². The highest BCUT2D eigenvalue weighted by Gasteiger charge is 2.35. The lowest BCUT2D eigenvalue weighted by Gasteiger charge is -2.24. The number of benzene rings is 1. The van der Waals surface area contributed by atoms with Gasteiger partial charge in [0, 0.05) is 23.6 Å². The molecule has 0 spiro atoms. The van der Waals surface area contributed by atoms with Crippen molar-refractivity contribution in [1.82, 2.24) is 9.62 Å². The van der Waals surface area contributed by atoms with Crippen LogP contribution in [0.1, 0.15) is 23.2 Å². The Morgan fingerprint density at radius 2 is 2.23 bits per heavy atom. The van der Waals surface area contributed by atoms with E-state index in [1.807, 2.05) is 7.05 Å². The van der Waals surface area contributed by atoms with Gasteiger partial charge in [0.15, 0.2) is 0 Å². The number of likely N-dealkylation sites (N-methyl/N-ethyl adjacent to an activating group) is 1. The summed E-state index contributed by atoms with van der Waals surface area (Å²) in [4.78, 5) is 11.7. The van der Waals surface area contributed by atoms with Gasteiger partial charge in [-0.05, 0) is 54.0 Å². The van der Waals surface area contributed by atoms with E-state index < -0.39 is 16.0 Å². The molecule has 1 heterocycles. The molecule has 122 valence electrons. The van der Waals surface area contributed by atoms with Gasteiger partial charge < -0.3 is 10.1 Å². The average Bonchev–Trinajstić information content (AvgIpc) is 2.95. The second kappa shape index (κ2) is 7.08. The zero-order chi connectivity index (χ0) is 16.3. The monoisotopic (exact) mass is 390 g/mol. The van der Waals surface area contributed by atoms with Crippen LogP contribution in [0, 0.1) is 0 Å². The number of ether oxygens (including phenoxy) is 1. The number of hydrogen-bond donors (Lipinski definition) is 1. The van der Waals surface area contributed by atoms with E-state index in [1.165, 1.54) is 29.6 Å². The minimum absolute atomic E-state index is 0.0396. The third-order valence-corrected chi connectivity index (χ3v) is 6.63. The van der Waals surface area contributed by atoms with E-state index in [0.717, 1.165) is 12.8 Å². The van der Waals surface area contributed by atoms with E-state index in [2.05, 4.69) is 26.0 Å². The number of nitrogens with zero attached hydrogens (tertiary/aromatic N) is 1. The zero-order valence-electron chi connectivity index (χ0n) is 12.5. The van der Waals surface area contributed by atoms with Crippen LogP contribution in [-0.2, 0) is 14.8 Å². The summed E-state index contributed by atoms with van der Waals surface area (Å²) in [5.74, 6) is -0.501. The molecule has 1 aliphatic rings. The standard InChI is InChI=1S/C14H19BrN2O4S/c1-16-9-11-4-3-7-17(11)22(19,20)13-6-5-10(8-12(13)15)14(18)21-2/h5-6,8,11,16H,3-4,7,9H2,1-2H3. The largest absolute Gasteiger partial charge is 0.465 e. The van der Waals surface area contributed by atoms with E-state index in [0.29, 0.717) is 23.1 Å². The molecule has 1 saturated heterocycles. The summed E-state index contributed by atoms with van der Waals surface area (Å²) in [6, 6.07) is 4.34. The van der Waals surface area contributed by atoms with Gasteiger partial charge in [0.1, 0.15) is 0 Å². The zero-order valence-corrected chi connectivity index (χ0v) is 14.9. The number of esters is 1. The molecule has 1 atom stereocenters. The van der Waals surface area contributed by atoms with Crippen LogP contribution in [-0.4, -0.2) is 52.0 Å². The highest BCUT2D eigenvalue weighted by Crippen LogP contribution is 2.31. The Bertz CT molecular complexity index is 663. The maximum absolute atomic E-state index is 12.8. The fraction of sp³-hybridized carbons (Fsp3) is 0.500. The number of methoxy groups -OCH3 is 1. The third kappa shape index (κ3) is 3.34. The van der Waals surface area contributed by atoms with Gasteiger partial charge in [0.25, 0.3) is 0 Å². The first-order valence-electron chi connectivity index (χ1n) is 6.96. The number of hydrogen-bond acceptors (Lipinski definition) is 5. The molecule has 0 aliphatic carbocycles. The summed E-state index contributed by atoms with van der Waals surface area (Å²) >= 11 is 3.26. The van der Waals surface area contributed by atoms with Crippen molar-refractivity contribution >= 4 is 31.9 Å². The van der Waals surface area contributed by atoms with Crippen LogP contribution in [0.15, 0.2) is 27.6 Å². The fourth-order valence-electron chi connectivity index (χ4n) is 2.65. The Kier molecular flexibility index (Phi) is 5.60. The fourth-order valence-corrected chi connectivity index (χ4v) is 5.38. The highest BCUT2D eigenvalue weighted by atomic mass is 79.9. The van der Waals surface area contributed by atoms with E-state index in [1.54, 1.807) is 0 Å². The molecule has 0 aromatic heterocycles. The van der Waals surface area contributed by atoms with Crippen molar-refractivity contribution in [2.24, 2.45) is 0 Å². The Hall–Kier alpha value is -0.960. The number of rotatable bonds is 5. The molecule has 22 heavy (non-hydrogen) atoms. The van der Waals surface area contributed by atoms with Crippen molar-refractivity contribution in [3.63, 3.8) is 0 Å². The van der Waals surface area contributed by atoms with Gasteiger partial charge >= 0.3 is 5.97 Å². The Morgan fingerprint density at radius 1 is 1.50 bits per heavy atom. The molecule has 0 radical (unpaired) electrons. The predicted octanol–water partition coefficient (Wildman–Crippen LogP) is 1.61. The third-order valence-electron chi connectivity index (χ3n) is 3.70. The first kappa shape index (κ1) is 17.4. The smallest absolute Gasteiger partial charge is 0.337 e. The summed E-state index contributed by atoms with van der Waals surface area (Å²) in [5.41, 5.74) is 0.307. The minimum atomic E-state index is -3.60. The molecule has 2 rings (SSSR count). The van der Waals surface area contributed by atoms with Crippen LogP contribution >= 0.6 is 15.9 Å². The van der Waals surface area contributed by atoms with Crippen molar-refractivity contribution in [2.75, 3.05) is 27.2 Å². The van der Waals surface area contributed by atoms with Crippen LogP contribution < -0.4 is 5.32 Å². The lowest BCUT2D eigenvalue weighted by Crippen LogP contribution is -2.40. The molecule has 1 fully saturated rings. The lowest BCUT2D eigenvalue weighted by atomic mass is 10.2. The van der Waals surface area contributed by atoms with Gasteiger partial charge in [-0.15, -0.1) is 0 Å². The second-order valence-electron chi connectivity index (χ2n) is 5.11. The first-order chi connectivity index (χ1) is 10.4. The molecular weight excluding hydrogens is 372 g/mol. The average molecular weight is 391 g/mol. The normalized spacial score (nSPS) is 19.3. The van der Waals surface area contributed by atoms with Crippen molar-refractivity contribution in [2.45, 2.75) is 23.8 Å². The summed E-state index contributed by atoms with van der Waals surface area (Å²) in [6.07, 6.45) is 1.70. The molecule has 0 saturated carbocycles. The predicted molar refractivity (Wildman–Crippen MR) is 86.3 cm³/mol. The van der Waals surface area contributed by atoms with E-state index in [9.17, 15) is 13.2 Å². The van der Waals surface area contributed by atoms with Crippen LogP contribution in [0.3, 0.4) is 0 Å². The lowest BCUT2D eigenvalue weighted by molar-refractivity contribution is 0.0600. The first-order valence-corrected chi connectivity index (χ1v) is 9.19. The topological polar surface area (TPSA) is 75.7 Å². The minimum Gasteiger partial charge on any atom is -0.465 e. The van der Waals surface area contributed by atoms with Crippen LogP contribution in [0.4, 0.5) is 0 Å². The van der Waals surface area contributed by atoms with E-state index in [4.69, 9.17) is 0 Å². The molecule has 1 aromatic rings. The Morgan fingerprint density at radius 3 is 2.82 bits per heavy atom. The summed E-state index contributed by atoms with van der Waals surface area (Å²) < 4.78 is 32.2. The van der Waals surface area contributed by atoms with Gasteiger partial charge in [-0.1, -0.05) is 0 Å². The summed E-state index contributed by atoms with van der Waals surface area (Å²) in [7, 11) is -0.501.